The van der Waals surface area contributed by atoms with E-state index < -0.39 is 35.8 Å². The van der Waals surface area contributed by atoms with Gasteiger partial charge in [-0.1, -0.05) is 103 Å². The Morgan fingerprint density at radius 3 is 1.88 bits per heavy atom. The number of benzene rings is 5. The van der Waals surface area contributed by atoms with Crippen molar-refractivity contribution in [1.82, 2.24) is 21.3 Å². The molecule has 1 aliphatic heterocycles. The van der Waals surface area contributed by atoms with Gasteiger partial charge in [0.05, 0.1) is 0 Å². The van der Waals surface area contributed by atoms with Gasteiger partial charge in [0.25, 0.3) is 5.91 Å². The fraction of sp³-hybridized carbons (Fsp3) is 0.190. The van der Waals surface area contributed by atoms with Crippen LogP contribution in [0.15, 0.2) is 140 Å². The molecule has 4 amide bonds. The molecule has 9 nitrogen and oxygen atoms in total. The van der Waals surface area contributed by atoms with Crippen LogP contribution in [0.2, 0.25) is 0 Å². The Bertz CT molecular complexity index is 1950. The molecular formula is C42H40N4O5. The molecule has 0 unspecified atom stereocenters. The molecule has 3 atom stereocenters. The zero-order valence-corrected chi connectivity index (χ0v) is 28.1. The fourth-order valence-corrected chi connectivity index (χ4v) is 6.01. The highest BCUT2D eigenvalue weighted by Crippen LogP contribution is 2.25. The van der Waals surface area contributed by atoms with E-state index in [1.807, 2.05) is 115 Å². The maximum absolute atomic E-state index is 14.2. The van der Waals surface area contributed by atoms with Gasteiger partial charge >= 0.3 is 0 Å². The van der Waals surface area contributed by atoms with Crippen molar-refractivity contribution in [2.75, 3.05) is 0 Å². The van der Waals surface area contributed by atoms with E-state index in [0.29, 0.717) is 23.5 Å². The number of aryl methyl sites for hydroxylation is 1. The molecule has 0 saturated heterocycles. The summed E-state index contributed by atoms with van der Waals surface area (Å²) in [6.07, 6.45) is 1.07. The normalized spacial score (nSPS) is 17.6. The molecule has 0 spiro atoms. The minimum atomic E-state index is -1.03. The number of amides is 4. The molecule has 0 aromatic heterocycles. The molecule has 0 radical (unpaired) electrons. The van der Waals surface area contributed by atoms with E-state index in [4.69, 9.17) is 4.74 Å². The van der Waals surface area contributed by atoms with Gasteiger partial charge in [-0.25, -0.2) is 0 Å². The smallest absolute Gasteiger partial charge is 0.251 e. The van der Waals surface area contributed by atoms with Gasteiger partial charge in [-0.15, -0.1) is 0 Å². The van der Waals surface area contributed by atoms with Gasteiger partial charge in [-0.3, -0.25) is 19.2 Å². The maximum Gasteiger partial charge on any atom is 0.251 e. The van der Waals surface area contributed by atoms with E-state index in [1.165, 1.54) is 0 Å². The van der Waals surface area contributed by atoms with Crippen molar-refractivity contribution in [3.05, 3.63) is 167 Å². The van der Waals surface area contributed by atoms with Gasteiger partial charge in [0.1, 0.15) is 29.6 Å². The van der Waals surface area contributed by atoms with Crippen molar-refractivity contribution in [3.8, 4) is 11.5 Å². The van der Waals surface area contributed by atoms with Gasteiger partial charge in [0.15, 0.2) is 0 Å². The Balaban J connectivity index is 1.33. The third kappa shape index (κ3) is 9.92. The highest BCUT2D eigenvalue weighted by molar-refractivity contribution is 5.99. The number of hydrogen-bond donors (Lipinski definition) is 4. The van der Waals surface area contributed by atoms with Gasteiger partial charge in [-0.2, -0.15) is 0 Å². The van der Waals surface area contributed by atoms with Crippen LogP contribution in [0.3, 0.4) is 0 Å². The van der Waals surface area contributed by atoms with Crippen LogP contribution in [0.5, 0.6) is 11.5 Å². The van der Waals surface area contributed by atoms with Crippen molar-refractivity contribution in [2.24, 2.45) is 0 Å². The average molecular weight is 681 g/mol. The van der Waals surface area contributed by atoms with Crippen LogP contribution in [0.4, 0.5) is 0 Å². The first-order chi connectivity index (χ1) is 24.9. The predicted molar refractivity (Wildman–Crippen MR) is 195 cm³/mol. The molecule has 6 rings (SSSR count). The summed E-state index contributed by atoms with van der Waals surface area (Å²) in [4.78, 5) is 55.4. The molecule has 1 heterocycles. The molecule has 4 bridgehead atoms. The van der Waals surface area contributed by atoms with Gasteiger partial charge in [0.2, 0.25) is 17.7 Å². The third-order valence-corrected chi connectivity index (χ3v) is 8.71. The zero-order valence-electron chi connectivity index (χ0n) is 28.1. The minimum absolute atomic E-state index is 0.138. The van der Waals surface area contributed by atoms with Crippen LogP contribution in [0.25, 0.3) is 0 Å². The highest BCUT2D eigenvalue weighted by atomic mass is 16.5. The van der Waals surface area contributed by atoms with E-state index in [2.05, 4.69) is 21.3 Å². The lowest BCUT2D eigenvalue weighted by atomic mass is 10.00. The molecule has 9 heteroatoms. The molecular weight excluding hydrogens is 640 g/mol. The fourth-order valence-electron chi connectivity index (χ4n) is 6.01. The molecule has 4 N–H and O–H groups in total. The lowest BCUT2D eigenvalue weighted by Crippen LogP contribution is -2.57. The summed E-state index contributed by atoms with van der Waals surface area (Å²) in [6.45, 7) is 0.280. The largest absolute Gasteiger partial charge is 0.457 e. The Kier molecular flexibility index (Phi) is 11.5. The monoisotopic (exact) mass is 680 g/mol. The first-order valence-electron chi connectivity index (χ1n) is 17.1. The second-order valence-electron chi connectivity index (χ2n) is 12.5. The first-order valence-corrected chi connectivity index (χ1v) is 17.1. The Morgan fingerprint density at radius 1 is 0.647 bits per heavy atom. The second kappa shape index (κ2) is 16.9. The number of ether oxygens (including phenoxy) is 1. The summed E-state index contributed by atoms with van der Waals surface area (Å²) in [6, 6.07) is 39.6. The number of fused-ring (bicyclic) bond motifs is 4. The van der Waals surface area contributed by atoms with Crippen molar-refractivity contribution < 1.29 is 23.9 Å². The molecule has 0 fully saturated rings. The molecule has 5 aromatic rings. The molecule has 1 aliphatic rings. The predicted octanol–water partition coefficient (Wildman–Crippen LogP) is 5.29. The Morgan fingerprint density at radius 2 is 1.24 bits per heavy atom. The summed E-state index contributed by atoms with van der Waals surface area (Å²) in [7, 11) is 0. The lowest BCUT2D eigenvalue weighted by Gasteiger charge is -2.26. The number of rotatable bonds is 8. The Labute approximate surface area is 297 Å². The van der Waals surface area contributed by atoms with Crippen LogP contribution in [-0.4, -0.2) is 41.8 Å². The summed E-state index contributed by atoms with van der Waals surface area (Å²) >= 11 is 0. The maximum atomic E-state index is 14.2. The summed E-state index contributed by atoms with van der Waals surface area (Å²) in [5, 5.41) is 11.7. The van der Waals surface area contributed by atoms with Crippen LogP contribution < -0.4 is 26.0 Å². The molecule has 0 aliphatic carbocycles. The first kappa shape index (κ1) is 34.6. The topological polar surface area (TPSA) is 126 Å². The van der Waals surface area contributed by atoms with Gasteiger partial charge < -0.3 is 26.0 Å². The standard InChI is InChI=1S/C42H40N4O5/c47-39(33-18-8-3-9-19-33)45-38-27-32-17-11-21-35(25-32)51-34-20-10-16-31(24-34)26-37(40(48)43-28-30-14-6-2-7-15-30)46-41(49)36(44-42(38)50)23-22-29-12-4-1-5-13-29/h1-21,24-25,36-38H,22-23,26-28H2,(H,43,48)(H,44,50)(H,45,47)(H,46,49)/t36-,37-,38-/m0/s1. The van der Waals surface area contributed by atoms with Gasteiger partial charge in [0, 0.05) is 24.9 Å². The van der Waals surface area contributed by atoms with Crippen molar-refractivity contribution in [2.45, 2.75) is 50.4 Å². The van der Waals surface area contributed by atoms with E-state index in [0.717, 1.165) is 22.3 Å². The van der Waals surface area contributed by atoms with E-state index in [9.17, 15) is 19.2 Å². The zero-order chi connectivity index (χ0) is 35.4. The SMILES string of the molecule is O=C(N[C@H]1Cc2cccc(c2)Oc2cccc(c2)C[C@@H](C(=O)NCc2ccccc2)NC(=O)[C@H](CCc2ccccc2)NC1=O)c1ccccc1. The average Bonchev–Trinajstić information content (AvgIpc) is 3.16. The van der Waals surface area contributed by atoms with Crippen LogP contribution in [0.1, 0.15) is 39.0 Å². The lowest BCUT2D eigenvalue weighted by molar-refractivity contribution is -0.132. The highest BCUT2D eigenvalue weighted by Gasteiger charge is 2.30. The van der Waals surface area contributed by atoms with E-state index >= 15 is 0 Å². The van der Waals surface area contributed by atoms with Crippen LogP contribution in [-0.2, 0) is 40.2 Å². The summed E-state index contributed by atoms with van der Waals surface area (Å²) in [5.74, 6) is -0.714. The van der Waals surface area contributed by atoms with Crippen molar-refractivity contribution >= 4 is 23.6 Å². The van der Waals surface area contributed by atoms with E-state index in [1.54, 1.807) is 24.3 Å². The summed E-state index contributed by atoms with van der Waals surface area (Å²) in [5.41, 5.74) is 3.84. The number of hydrogen-bond acceptors (Lipinski definition) is 5. The van der Waals surface area contributed by atoms with Crippen molar-refractivity contribution in [3.63, 3.8) is 0 Å². The number of nitrogens with one attached hydrogen (secondary N) is 4. The molecule has 51 heavy (non-hydrogen) atoms. The third-order valence-electron chi connectivity index (χ3n) is 8.71. The number of carbonyl (C=O) groups excluding carboxylic acids is 4. The van der Waals surface area contributed by atoms with E-state index in [-0.39, 0.29) is 31.7 Å². The molecule has 0 saturated carbocycles. The van der Waals surface area contributed by atoms with Crippen LogP contribution >= 0.6 is 0 Å². The minimum Gasteiger partial charge on any atom is -0.457 e. The molecule has 5 aromatic carbocycles. The Hall–Kier alpha value is -6.22. The second-order valence-corrected chi connectivity index (χ2v) is 12.5. The van der Waals surface area contributed by atoms with Gasteiger partial charge in [-0.05, 0) is 71.5 Å². The summed E-state index contributed by atoms with van der Waals surface area (Å²) < 4.78 is 6.21. The van der Waals surface area contributed by atoms with Crippen LogP contribution in [0, 0.1) is 0 Å². The van der Waals surface area contributed by atoms with Crippen molar-refractivity contribution in [1.29, 1.82) is 0 Å². The molecule has 258 valence electrons. The quantitative estimate of drug-likeness (QED) is 0.177. The number of carbonyl (C=O) groups is 4.